The molecule has 31 heavy (non-hydrogen) atoms. The van der Waals surface area contributed by atoms with E-state index in [1.54, 1.807) is 18.0 Å². The fourth-order valence-corrected chi connectivity index (χ4v) is 2.83. The van der Waals surface area contributed by atoms with Gasteiger partial charge in [0.05, 0.1) is 19.9 Å². The van der Waals surface area contributed by atoms with Crippen molar-refractivity contribution in [1.82, 2.24) is 20.3 Å². The Bertz CT molecular complexity index is 1050. The highest BCUT2D eigenvalue weighted by molar-refractivity contribution is 5.90. The first-order valence-corrected chi connectivity index (χ1v) is 9.77. The van der Waals surface area contributed by atoms with Gasteiger partial charge in [0.2, 0.25) is 0 Å². The van der Waals surface area contributed by atoms with E-state index in [1.807, 2.05) is 54.6 Å². The van der Waals surface area contributed by atoms with Crippen LogP contribution in [0.3, 0.4) is 0 Å². The second-order valence-corrected chi connectivity index (χ2v) is 6.77. The van der Waals surface area contributed by atoms with Gasteiger partial charge in [0.15, 0.2) is 6.10 Å². The summed E-state index contributed by atoms with van der Waals surface area (Å²) in [7, 11) is 1.57. The van der Waals surface area contributed by atoms with Gasteiger partial charge in [-0.25, -0.2) is 9.48 Å². The van der Waals surface area contributed by atoms with E-state index >= 15 is 0 Å². The predicted octanol–water partition coefficient (Wildman–Crippen LogP) is 2.60. The van der Waals surface area contributed by atoms with Crippen LogP contribution in [0.15, 0.2) is 66.9 Å². The molecule has 1 N–H and O–H groups in total. The number of amides is 1. The van der Waals surface area contributed by atoms with Gasteiger partial charge in [-0.15, -0.1) is 5.10 Å². The molecule has 160 valence electrons. The smallest absolute Gasteiger partial charge is 0.331 e. The molecule has 1 amide bonds. The van der Waals surface area contributed by atoms with Crippen LogP contribution in [-0.4, -0.2) is 40.1 Å². The fourth-order valence-electron chi connectivity index (χ4n) is 2.83. The number of esters is 1. The minimum atomic E-state index is -0.944. The van der Waals surface area contributed by atoms with Gasteiger partial charge >= 0.3 is 5.97 Å². The van der Waals surface area contributed by atoms with Crippen molar-refractivity contribution in [3.8, 4) is 5.75 Å². The number of hydrogen-bond donors (Lipinski definition) is 1. The topological polar surface area (TPSA) is 95.3 Å². The second-order valence-electron chi connectivity index (χ2n) is 6.77. The Morgan fingerprint density at radius 1 is 1.13 bits per heavy atom. The maximum absolute atomic E-state index is 12.2. The van der Waals surface area contributed by atoms with Gasteiger partial charge in [0, 0.05) is 18.2 Å². The molecule has 3 rings (SSSR count). The molecular weight excluding hydrogens is 396 g/mol. The van der Waals surface area contributed by atoms with Crippen LogP contribution in [0.25, 0.3) is 6.08 Å². The number of para-hydroxylation sites is 1. The average molecular weight is 420 g/mol. The zero-order valence-electron chi connectivity index (χ0n) is 17.4. The van der Waals surface area contributed by atoms with Gasteiger partial charge in [0.25, 0.3) is 5.91 Å². The number of carbonyl (C=O) groups excluding carboxylic acids is 2. The number of nitrogens with zero attached hydrogens (tertiary/aromatic N) is 3. The first-order chi connectivity index (χ1) is 15.0. The fraction of sp³-hybridized carbons (Fsp3) is 0.217. The highest BCUT2D eigenvalue weighted by Gasteiger charge is 2.16. The first-order valence-electron chi connectivity index (χ1n) is 9.77. The van der Waals surface area contributed by atoms with Crippen LogP contribution in [0.2, 0.25) is 0 Å². The van der Waals surface area contributed by atoms with Crippen LogP contribution in [0.4, 0.5) is 0 Å². The molecule has 0 aliphatic heterocycles. The summed E-state index contributed by atoms with van der Waals surface area (Å²) in [6.07, 6.45) is 3.50. The normalized spacial score (nSPS) is 11.8. The SMILES string of the molecule is COc1ccccc1CNC(=O)[C@H](C)OC(=O)/C=C/c1cn(Cc2ccccc2)nn1. The van der Waals surface area contributed by atoms with E-state index in [-0.39, 0.29) is 6.54 Å². The van der Waals surface area contributed by atoms with E-state index in [2.05, 4.69) is 15.6 Å². The Balaban J connectivity index is 1.47. The van der Waals surface area contributed by atoms with Gasteiger partial charge in [-0.3, -0.25) is 4.79 Å². The Labute approximate surface area is 180 Å². The number of ether oxygens (including phenoxy) is 2. The molecule has 0 fully saturated rings. The monoisotopic (exact) mass is 420 g/mol. The van der Waals surface area contributed by atoms with Crippen LogP contribution in [0, 0.1) is 0 Å². The molecule has 0 bridgehead atoms. The maximum Gasteiger partial charge on any atom is 0.331 e. The standard InChI is InChI=1S/C23H24N4O4/c1-17(23(29)24-14-19-10-6-7-11-21(19)30-2)31-22(28)13-12-20-16-27(26-25-20)15-18-8-4-3-5-9-18/h3-13,16-17H,14-15H2,1-2H3,(H,24,29)/b13-12+/t17-/m0/s1. The quantitative estimate of drug-likeness (QED) is 0.422. The van der Waals surface area contributed by atoms with Crippen LogP contribution in [-0.2, 0) is 27.4 Å². The number of aromatic nitrogens is 3. The maximum atomic E-state index is 12.2. The van der Waals surface area contributed by atoms with Crippen LogP contribution in [0.1, 0.15) is 23.7 Å². The third-order valence-electron chi connectivity index (χ3n) is 4.44. The molecule has 3 aromatic rings. The summed E-state index contributed by atoms with van der Waals surface area (Å²) in [5.41, 5.74) is 2.44. The lowest BCUT2D eigenvalue weighted by molar-refractivity contribution is -0.150. The van der Waals surface area contributed by atoms with Crippen LogP contribution in [0.5, 0.6) is 5.75 Å². The average Bonchev–Trinajstić information content (AvgIpc) is 3.24. The van der Waals surface area contributed by atoms with Crippen molar-refractivity contribution in [2.75, 3.05) is 7.11 Å². The zero-order chi connectivity index (χ0) is 22.1. The molecule has 1 atom stereocenters. The summed E-state index contributed by atoms with van der Waals surface area (Å²) < 4.78 is 12.1. The lowest BCUT2D eigenvalue weighted by Gasteiger charge is -2.13. The molecule has 0 spiro atoms. The van der Waals surface area contributed by atoms with Gasteiger partial charge in [0.1, 0.15) is 11.4 Å². The number of hydrogen-bond acceptors (Lipinski definition) is 6. The van der Waals surface area contributed by atoms with Crippen molar-refractivity contribution in [1.29, 1.82) is 0 Å². The highest BCUT2D eigenvalue weighted by atomic mass is 16.5. The molecule has 2 aromatic carbocycles. The number of methoxy groups -OCH3 is 1. The molecule has 0 saturated heterocycles. The van der Waals surface area contributed by atoms with Crippen LogP contribution < -0.4 is 10.1 Å². The summed E-state index contributed by atoms with van der Waals surface area (Å²) >= 11 is 0. The van der Waals surface area contributed by atoms with Gasteiger partial charge in [-0.05, 0) is 24.6 Å². The Hall–Kier alpha value is -3.94. The van der Waals surface area contributed by atoms with E-state index in [9.17, 15) is 9.59 Å². The van der Waals surface area contributed by atoms with Crippen molar-refractivity contribution in [3.63, 3.8) is 0 Å². The number of carbonyl (C=O) groups is 2. The summed E-state index contributed by atoms with van der Waals surface area (Å²) in [4.78, 5) is 24.3. The largest absolute Gasteiger partial charge is 0.496 e. The van der Waals surface area contributed by atoms with Gasteiger partial charge in [-0.2, -0.15) is 0 Å². The lowest BCUT2D eigenvalue weighted by atomic mass is 10.2. The third kappa shape index (κ3) is 6.53. The van der Waals surface area contributed by atoms with E-state index in [0.29, 0.717) is 18.0 Å². The van der Waals surface area contributed by atoms with E-state index in [4.69, 9.17) is 9.47 Å². The Kier molecular flexibility index (Phi) is 7.53. The van der Waals surface area contributed by atoms with Gasteiger partial charge < -0.3 is 14.8 Å². The third-order valence-corrected chi connectivity index (χ3v) is 4.44. The molecule has 0 saturated carbocycles. The van der Waals surface area contributed by atoms with E-state index in [0.717, 1.165) is 11.1 Å². The molecule has 8 heteroatoms. The summed E-state index contributed by atoms with van der Waals surface area (Å²) in [6, 6.07) is 17.2. The molecule has 1 heterocycles. The summed E-state index contributed by atoms with van der Waals surface area (Å²) in [5.74, 6) is -0.366. The number of benzene rings is 2. The van der Waals surface area contributed by atoms with Crippen LogP contribution >= 0.6 is 0 Å². The van der Waals surface area contributed by atoms with Crippen molar-refractivity contribution in [2.45, 2.75) is 26.1 Å². The molecule has 0 radical (unpaired) electrons. The van der Waals surface area contributed by atoms with E-state index < -0.39 is 18.0 Å². The first kappa shape index (κ1) is 21.8. The number of rotatable bonds is 9. The molecule has 8 nitrogen and oxygen atoms in total. The van der Waals surface area contributed by atoms with Crippen molar-refractivity contribution >= 4 is 18.0 Å². The van der Waals surface area contributed by atoms with Crippen molar-refractivity contribution in [3.05, 3.63) is 83.7 Å². The molecule has 0 aliphatic carbocycles. The molecule has 1 aromatic heterocycles. The Morgan fingerprint density at radius 3 is 2.65 bits per heavy atom. The van der Waals surface area contributed by atoms with Crippen molar-refractivity contribution < 1.29 is 19.1 Å². The molecule has 0 aliphatic rings. The van der Waals surface area contributed by atoms with Crippen molar-refractivity contribution in [2.24, 2.45) is 0 Å². The summed E-state index contributed by atoms with van der Waals surface area (Å²) in [6.45, 7) is 2.36. The minimum Gasteiger partial charge on any atom is -0.496 e. The molecular formula is C23H24N4O4. The predicted molar refractivity (Wildman–Crippen MR) is 115 cm³/mol. The number of nitrogens with one attached hydrogen (secondary N) is 1. The molecule has 0 unspecified atom stereocenters. The lowest BCUT2D eigenvalue weighted by Crippen LogP contribution is -2.35. The Morgan fingerprint density at radius 2 is 1.87 bits per heavy atom. The highest BCUT2D eigenvalue weighted by Crippen LogP contribution is 2.16. The minimum absolute atomic E-state index is 0.269. The van der Waals surface area contributed by atoms with Gasteiger partial charge in [-0.1, -0.05) is 53.7 Å². The van der Waals surface area contributed by atoms with E-state index in [1.165, 1.54) is 19.1 Å². The second kappa shape index (κ2) is 10.7. The zero-order valence-corrected chi connectivity index (χ0v) is 17.4. The summed E-state index contributed by atoms with van der Waals surface area (Å²) in [5, 5.41) is 10.8.